The van der Waals surface area contributed by atoms with Crippen molar-refractivity contribution in [3.63, 3.8) is 0 Å². The number of hydrogen-bond donors (Lipinski definition) is 3. The molecule has 1 heterocycles. The van der Waals surface area contributed by atoms with Gasteiger partial charge in [0.1, 0.15) is 12.1 Å². The molecular formula is C27H36N4O3. The molecule has 2 atom stereocenters. The first-order valence-electron chi connectivity index (χ1n) is 12.2. The second kappa shape index (κ2) is 13.5. The van der Waals surface area contributed by atoms with Crippen LogP contribution < -0.4 is 16.4 Å². The second-order valence-corrected chi connectivity index (χ2v) is 8.77. The van der Waals surface area contributed by atoms with E-state index in [2.05, 4.69) is 22.8 Å². The molecule has 0 bridgehead atoms. The highest BCUT2D eigenvalue weighted by Gasteiger charge is 2.35. The van der Waals surface area contributed by atoms with Gasteiger partial charge in [0.15, 0.2) is 0 Å². The minimum absolute atomic E-state index is 0.000544. The zero-order valence-corrected chi connectivity index (χ0v) is 19.7. The van der Waals surface area contributed by atoms with E-state index in [1.165, 1.54) is 5.56 Å². The molecule has 7 nitrogen and oxygen atoms in total. The first-order valence-corrected chi connectivity index (χ1v) is 12.2. The molecule has 7 heteroatoms. The summed E-state index contributed by atoms with van der Waals surface area (Å²) in [4.78, 5) is 40.6. The zero-order chi connectivity index (χ0) is 24.2. The summed E-state index contributed by atoms with van der Waals surface area (Å²) < 4.78 is 0. The molecule has 1 aliphatic heterocycles. The summed E-state index contributed by atoms with van der Waals surface area (Å²) in [6.07, 6.45) is 4.45. The molecule has 0 aliphatic carbocycles. The molecule has 3 amide bonds. The van der Waals surface area contributed by atoms with Crippen LogP contribution in [0.5, 0.6) is 0 Å². The molecule has 0 spiro atoms. The summed E-state index contributed by atoms with van der Waals surface area (Å²) in [7, 11) is 0. The Morgan fingerprint density at radius 1 is 0.971 bits per heavy atom. The molecule has 1 fully saturated rings. The Kier molecular flexibility index (Phi) is 10.1. The van der Waals surface area contributed by atoms with Gasteiger partial charge >= 0.3 is 0 Å². The van der Waals surface area contributed by atoms with Gasteiger partial charge in [-0.3, -0.25) is 14.4 Å². The average molecular weight is 465 g/mol. The first-order chi connectivity index (χ1) is 16.6. The van der Waals surface area contributed by atoms with Gasteiger partial charge in [-0.2, -0.15) is 0 Å². The Hall–Kier alpha value is -3.19. The van der Waals surface area contributed by atoms with E-state index in [-0.39, 0.29) is 17.7 Å². The molecule has 2 aromatic rings. The topological polar surface area (TPSA) is 105 Å². The fraction of sp³-hybridized carbons (Fsp3) is 0.444. The van der Waals surface area contributed by atoms with Gasteiger partial charge in [-0.05, 0) is 49.8 Å². The fourth-order valence-electron chi connectivity index (χ4n) is 4.33. The summed E-state index contributed by atoms with van der Waals surface area (Å²) in [5.74, 6) is -0.492. The van der Waals surface area contributed by atoms with Crippen LogP contribution in [0.2, 0.25) is 0 Å². The van der Waals surface area contributed by atoms with E-state index in [1.54, 1.807) is 4.90 Å². The van der Waals surface area contributed by atoms with Crippen molar-refractivity contribution >= 4 is 17.7 Å². The number of amides is 3. The number of rotatable bonds is 12. The van der Waals surface area contributed by atoms with Gasteiger partial charge in [0.05, 0.1) is 0 Å². The van der Waals surface area contributed by atoms with Crippen LogP contribution in [0.25, 0.3) is 0 Å². The van der Waals surface area contributed by atoms with Crippen molar-refractivity contribution in [2.75, 3.05) is 19.6 Å². The van der Waals surface area contributed by atoms with Crippen LogP contribution >= 0.6 is 0 Å². The number of carbonyl (C=O) groups excluding carboxylic acids is 3. The van der Waals surface area contributed by atoms with E-state index >= 15 is 0 Å². The van der Waals surface area contributed by atoms with Crippen molar-refractivity contribution in [2.45, 2.75) is 57.0 Å². The van der Waals surface area contributed by atoms with E-state index in [4.69, 9.17) is 5.73 Å². The van der Waals surface area contributed by atoms with E-state index in [9.17, 15) is 14.4 Å². The van der Waals surface area contributed by atoms with Gasteiger partial charge < -0.3 is 21.3 Å². The maximum absolute atomic E-state index is 13.2. The predicted octanol–water partition coefficient (Wildman–Crippen LogP) is 2.19. The summed E-state index contributed by atoms with van der Waals surface area (Å²) >= 11 is 0. The SMILES string of the molecule is NCCCNC(=O)[C@H](Cc1ccccc1)NC(=O)[C@@H]1CCCN1C(=O)CCCc1ccccc1. The third-order valence-electron chi connectivity index (χ3n) is 6.17. The lowest BCUT2D eigenvalue weighted by Crippen LogP contribution is -2.54. The standard InChI is InChI=1S/C27H36N4O3/c28-17-9-18-29-26(33)23(20-22-12-5-2-6-13-22)30-27(34)24-15-8-19-31(24)25(32)16-7-14-21-10-3-1-4-11-21/h1-6,10-13,23-24H,7-9,14-20,28H2,(H,29,33)(H,30,34)/t23-,24-/m0/s1. The van der Waals surface area contributed by atoms with Crippen molar-refractivity contribution < 1.29 is 14.4 Å². The molecule has 34 heavy (non-hydrogen) atoms. The van der Waals surface area contributed by atoms with Crippen LogP contribution in [0.15, 0.2) is 60.7 Å². The highest BCUT2D eigenvalue weighted by Crippen LogP contribution is 2.20. The number of nitrogens with two attached hydrogens (primary N) is 1. The number of carbonyl (C=O) groups is 3. The Labute approximate surface area is 202 Å². The molecule has 0 aromatic heterocycles. The number of benzene rings is 2. The van der Waals surface area contributed by atoms with Gasteiger partial charge in [-0.1, -0.05) is 60.7 Å². The van der Waals surface area contributed by atoms with E-state index in [0.717, 1.165) is 24.8 Å². The Bertz CT molecular complexity index is 920. The van der Waals surface area contributed by atoms with Crippen LogP contribution in [0, 0.1) is 0 Å². The van der Waals surface area contributed by atoms with Crippen LogP contribution in [0.4, 0.5) is 0 Å². The molecule has 1 saturated heterocycles. The number of aryl methyl sites for hydroxylation is 1. The third kappa shape index (κ3) is 7.70. The summed E-state index contributed by atoms with van der Waals surface area (Å²) in [6.45, 7) is 1.53. The zero-order valence-electron chi connectivity index (χ0n) is 19.7. The summed E-state index contributed by atoms with van der Waals surface area (Å²) in [5.41, 5.74) is 7.69. The molecule has 182 valence electrons. The van der Waals surface area contributed by atoms with Crippen LogP contribution in [-0.2, 0) is 27.2 Å². The van der Waals surface area contributed by atoms with Gasteiger partial charge in [-0.15, -0.1) is 0 Å². The van der Waals surface area contributed by atoms with Crippen molar-refractivity contribution in [3.8, 4) is 0 Å². The smallest absolute Gasteiger partial charge is 0.243 e. The molecule has 2 aromatic carbocycles. The van der Waals surface area contributed by atoms with Crippen molar-refractivity contribution in [3.05, 3.63) is 71.8 Å². The van der Waals surface area contributed by atoms with Gasteiger partial charge in [0, 0.05) is 25.9 Å². The van der Waals surface area contributed by atoms with Crippen molar-refractivity contribution in [1.29, 1.82) is 0 Å². The van der Waals surface area contributed by atoms with Crippen molar-refractivity contribution in [2.24, 2.45) is 5.73 Å². The lowest BCUT2D eigenvalue weighted by molar-refractivity contribution is -0.139. The molecule has 0 radical (unpaired) electrons. The average Bonchev–Trinajstić information content (AvgIpc) is 3.35. The Morgan fingerprint density at radius 2 is 1.65 bits per heavy atom. The Morgan fingerprint density at radius 3 is 2.32 bits per heavy atom. The maximum Gasteiger partial charge on any atom is 0.243 e. The first kappa shape index (κ1) is 25.4. The number of likely N-dealkylation sites (tertiary alicyclic amines) is 1. The lowest BCUT2D eigenvalue weighted by Gasteiger charge is -2.26. The van der Waals surface area contributed by atoms with E-state index < -0.39 is 12.1 Å². The molecule has 1 aliphatic rings. The quantitative estimate of drug-likeness (QED) is 0.419. The molecule has 4 N–H and O–H groups in total. The second-order valence-electron chi connectivity index (χ2n) is 8.77. The van der Waals surface area contributed by atoms with Crippen LogP contribution in [-0.4, -0.2) is 54.3 Å². The highest BCUT2D eigenvalue weighted by molar-refractivity contribution is 5.92. The van der Waals surface area contributed by atoms with E-state index in [1.807, 2.05) is 48.5 Å². The molecule has 3 rings (SSSR count). The maximum atomic E-state index is 13.2. The van der Waals surface area contributed by atoms with Crippen LogP contribution in [0.1, 0.15) is 43.2 Å². The molecular weight excluding hydrogens is 428 g/mol. The summed E-state index contributed by atoms with van der Waals surface area (Å²) in [6, 6.07) is 18.5. The van der Waals surface area contributed by atoms with Crippen molar-refractivity contribution in [1.82, 2.24) is 15.5 Å². The number of hydrogen-bond acceptors (Lipinski definition) is 4. The largest absolute Gasteiger partial charge is 0.354 e. The third-order valence-corrected chi connectivity index (χ3v) is 6.17. The number of nitrogens with one attached hydrogen (secondary N) is 2. The number of nitrogens with zero attached hydrogens (tertiary/aromatic N) is 1. The predicted molar refractivity (Wildman–Crippen MR) is 133 cm³/mol. The highest BCUT2D eigenvalue weighted by atomic mass is 16.2. The molecule has 0 saturated carbocycles. The minimum atomic E-state index is -0.705. The van der Waals surface area contributed by atoms with E-state index in [0.29, 0.717) is 45.3 Å². The minimum Gasteiger partial charge on any atom is -0.354 e. The monoisotopic (exact) mass is 464 g/mol. The Balaban J connectivity index is 1.58. The molecule has 0 unspecified atom stereocenters. The normalized spacial score (nSPS) is 16.1. The van der Waals surface area contributed by atoms with Gasteiger partial charge in [0.25, 0.3) is 0 Å². The van der Waals surface area contributed by atoms with Gasteiger partial charge in [0.2, 0.25) is 17.7 Å². The fourth-order valence-corrected chi connectivity index (χ4v) is 4.33. The van der Waals surface area contributed by atoms with Crippen LogP contribution in [0.3, 0.4) is 0 Å². The van der Waals surface area contributed by atoms with Gasteiger partial charge in [-0.25, -0.2) is 0 Å². The lowest BCUT2D eigenvalue weighted by atomic mass is 10.0. The summed E-state index contributed by atoms with van der Waals surface area (Å²) in [5, 5.41) is 5.79.